The average Bonchev–Trinajstić information content (AvgIpc) is 3.09. The molecule has 0 saturated carbocycles. The molecule has 1 aliphatic rings. The maximum atomic E-state index is 13.5. The van der Waals surface area contributed by atoms with Crippen molar-refractivity contribution in [2.45, 2.75) is 26.4 Å². The highest BCUT2D eigenvalue weighted by Gasteiger charge is 2.32. The van der Waals surface area contributed by atoms with Crippen molar-refractivity contribution in [2.24, 2.45) is 16.1 Å². The third-order valence-electron chi connectivity index (χ3n) is 6.05. The van der Waals surface area contributed by atoms with Crippen LogP contribution in [0.1, 0.15) is 31.4 Å². The third-order valence-corrected chi connectivity index (χ3v) is 6.05. The zero-order valence-electron chi connectivity index (χ0n) is 19.3. The molecule has 0 saturated heterocycles. The largest absolute Gasteiger partial charge is 0.505 e. The predicted molar refractivity (Wildman–Crippen MR) is 129 cm³/mol. The fourth-order valence-electron chi connectivity index (χ4n) is 3.90. The van der Waals surface area contributed by atoms with E-state index in [0.29, 0.717) is 12.1 Å². The van der Waals surface area contributed by atoms with Crippen LogP contribution in [0.5, 0.6) is 11.6 Å². The van der Waals surface area contributed by atoms with Crippen LogP contribution in [-0.2, 0) is 11.0 Å². The number of benzene rings is 2. The molecule has 1 atom stereocenters. The Kier molecular flexibility index (Phi) is 6.45. The van der Waals surface area contributed by atoms with Gasteiger partial charge in [0.2, 0.25) is 5.88 Å². The molecule has 3 aromatic rings. The molecule has 0 radical (unpaired) electrons. The molecule has 4 rings (SSSR count). The summed E-state index contributed by atoms with van der Waals surface area (Å²) in [5.74, 6) is -1.69. The van der Waals surface area contributed by atoms with E-state index in [9.17, 15) is 28.2 Å². The van der Waals surface area contributed by atoms with Gasteiger partial charge in [0, 0.05) is 22.7 Å². The van der Waals surface area contributed by atoms with Crippen molar-refractivity contribution in [3.8, 4) is 11.6 Å². The number of phenols is 1. The molecular formula is C26H22F3N3O4. The zero-order chi connectivity index (χ0) is 26.2. The number of aliphatic carboxylic acids is 1. The lowest BCUT2D eigenvalue weighted by Gasteiger charge is -2.19. The number of halogens is 3. The van der Waals surface area contributed by atoms with Crippen molar-refractivity contribution in [3.63, 3.8) is 0 Å². The van der Waals surface area contributed by atoms with Crippen LogP contribution in [0.15, 0.2) is 70.4 Å². The van der Waals surface area contributed by atoms with Crippen LogP contribution in [0.3, 0.4) is 0 Å². The van der Waals surface area contributed by atoms with E-state index in [-0.39, 0.29) is 39.5 Å². The topological polar surface area (TPSA) is 107 Å². The number of aromatic nitrogens is 1. The van der Waals surface area contributed by atoms with Crippen molar-refractivity contribution in [2.75, 3.05) is 0 Å². The lowest BCUT2D eigenvalue weighted by molar-refractivity contribution is -0.137. The van der Waals surface area contributed by atoms with Gasteiger partial charge in [-0.1, -0.05) is 30.7 Å². The second kappa shape index (κ2) is 9.37. The number of allylic oxidation sites excluding steroid dienone is 4. The van der Waals surface area contributed by atoms with Gasteiger partial charge >= 0.3 is 12.1 Å². The smallest absolute Gasteiger partial charge is 0.416 e. The third kappa shape index (κ3) is 4.74. The number of aromatic hydroxyl groups is 2. The van der Waals surface area contributed by atoms with Gasteiger partial charge in [-0.25, -0.2) is 4.79 Å². The molecule has 1 aliphatic carbocycles. The Bertz CT molecular complexity index is 1480. The molecule has 1 unspecified atom stereocenters. The van der Waals surface area contributed by atoms with Crippen LogP contribution in [0.2, 0.25) is 0 Å². The number of rotatable bonds is 5. The summed E-state index contributed by atoms with van der Waals surface area (Å²) < 4.78 is 41.7. The van der Waals surface area contributed by atoms with Gasteiger partial charge in [0.05, 0.1) is 11.1 Å². The van der Waals surface area contributed by atoms with Crippen molar-refractivity contribution in [1.82, 2.24) is 4.57 Å². The van der Waals surface area contributed by atoms with E-state index >= 15 is 0 Å². The second-order valence-electron chi connectivity index (χ2n) is 8.48. The summed E-state index contributed by atoms with van der Waals surface area (Å²) in [6.45, 7) is 3.94. The number of para-hydroxylation sites is 1. The van der Waals surface area contributed by atoms with Gasteiger partial charge in [-0.15, -0.1) is 10.2 Å². The molecule has 186 valence electrons. The number of carbonyl (C=O) groups is 1. The van der Waals surface area contributed by atoms with Crippen LogP contribution in [0.25, 0.3) is 22.7 Å². The van der Waals surface area contributed by atoms with Gasteiger partial charge < -0.3 is 15.3 Å². The summed E-state index contributed by atoms with van der Waals surface area (Å²) >= 11 is 0. The Labute approximate surface area is 203 Å². The summed E-state index contributed by atoms with van der Waals surface area (Å²) in [7, 11) is 0. The van der Waals surface area contributed by atoms with E-state index in [1.165, 1.54) is 34.9 Å². The van der Waals surface area contributed by atoms with Crippen LogP contribution in [0.4, 0.5) is 24.5 Å². The molecule has 7 nitrogen and oxygen atoms in total. The Morgan fingerprint density at radius 1 is 1.17 bits per heavy atom. The standard InChI is InChI=1S/C26H22F3N3O4/c1-14-6-9-18(12-15(14)2)32-21-13-17(26(27,28)29)8-10-19(21)23(25(32)36)31-30-20-5-3-4-16(24(20)35)7-11-22(33)34/h3-5,7-14,35-36H,6H2,1-2H3,(H,33,34)/b11-7-,31-30?. The maximum absolute atomic E-state index is 13.5. The minimum Gasteiger partial charge on any atom is -0.505 e. The number of hydrogen-bond donors (Lipinski definition) is 3. The fraction of sp³-hybridized carbons (Fsp3) is 0.192. The predicted octanol–water partition coefficient (Wildman–Crippen LogP) is 7.41. The summed E-state index contributed by atoms with van der Waals surface area (Å²) in [5, 5.41) is 38.6. The summed E-state index contributed by atoms with van der Waals surface area (Å²) in [5.41, 5.74) is 0.836. The van der Waals surface area contributed by atoms with Crippen molar-refractivity contribution >= 4 is 40.0 Å². The molecular weight excluding hydrogens is 475 g/mol. The number of hydrogen-bond acceptors (Lipinski definition) is 5. The van der Waals surface area contributed by atoms with E-state index in [1.54, 1.807) is 6.08 Å². The van der Waals surface area contributed by atoms with Crippen molar-refractivity contribution in [3.05, 3.63) is 71.3 Å². The fourth-order valence-corrected chi connectivity index (χ4v) is 3.90. The highest BCUT2D eigenvalue weighted by Crippen LogP contribution is 2.45. The summed E-state index contributed by atoms with van der Waals surface area (Å²) in [6, 6.07) is 7.49. The second-order valence-corrected chi connectivity index (χ2v) is 8.48. The van der Waals surface area contributed by atoms with Crippen LogP contribution < -0.4 is 0 Å². The van der Waals surface area contributed by atoms with Gasteiger partial charge in [0.15, 0.2) is 5.69 Å². The van der Waals surface area contributed by atoms with E-state index in [2.05, 4.69) is 10.2 Å². The van der Waals surface area contributed by atoms with Gasteiger partial charge in [-0.05, 0) is 55.7 Å². The van der Waals surface area contributed by atoms with Crippen molar-refractivity contribution < 1.29 is 33.3 Å². The van der Waals surface area contributed by atoms with E-state index in [1.807, 2.05) is 19.9 Å². The number of azo groups is 1. The highest BCUT2D eigenvalue weighted by molar-refractivity contribution is 5.98. The zero-order valence-corrected chi connectivity index (χ0v) is 19.3. The number of alkyl halides is 3. The van der Waals surface area contributed by atoms with E-state index in [4.69, 9.17) is 5.11 Å². The molecule has 0 aliphatic heterocycles. The average molecular weight is 497 g/mol. The quantitative estimate of drug-likeness (QED) is 0.252. The molecule has 1 heterocycles. The molecule has 36 heavy (non-hydrogen) atoms. The SMILES string of the molecule is CC1=CC(n2c(O)c(N=Nc3cccc(/C=C\C(=O)O)c3O)c3ccc(C(F)(F)F)cc32)=CCC1C. The van der Waals surface area contributed by atoms with E-state index in [0.717, 1.165) is 23.8 Å². The van der Waals surface area contributed by atoms with Crippen LogP contribution in [0, 0.1) is 5.92 Å². The normalized spacial score (nSPS) is 16.6. The molecule has 0 spiro atoms. The lowest BCUT2D eigenvalue weighted by Crippen LogP contribution is -2.07. The Hall–Kier alpha value is -4.34. The van der Waals surface area contributed by atoms with Gasteiger partial charge in [-0.2, -0.15) is 13.2 Å². The number of fused-ring (bicyclic) bond motifs is 1. The number of carboxylic acid groups (broad SMARTS) is 1. The molecule has 3 N–H and O–H groups in total. The maximum Gasteiger partial charge on any atom is 0.416 e. The number of phenolic OH excluding ortho intramolecular Hbond substituents is 1. The molecule has 2 aromatic carbocycles. The monoisotopic (exact) mass is 497 g/mol. The van der Waals surface area contributed by atoms with Crippen LogP contribution in [-0.4, -0.2) is 25.9 Å². The van der Waals surface area contributed by atoms with Crippen molar-refractivity contribution in [1.29, 1.82) is 0 Å². The van der Waals surface area contributed by atoms with Crippen LogP contribution >= 0.6 is 0 Å². The van der Waals surface area contributed by atoms with Gasteiger partial charge in [0.1, 0.15) is 11.4 Å². The number of nitrogens with zero attached hydrogens (tertiary/aromatic N) is 3. The van der Waals surface area contributed by atoms with Gasteiger partial charge in [-0.3, -0.25) is 4.57 Å². The minimum absolute atomic E-state index is 0.0174. The molecule has 10 heteroatoms. The molecule has 0 bridgehead atoms. The Morgan fingerprint density at radius 3 is 2.58 bits per heavy atom. The summed E-state index contributed by atoms with van der Waals surface area (Å²) in [6.07, 6.45) is 1.74. The Balaban J connectivity index is 1.87. The molecule has 1 aromatic heterocycles. The van der Waals surface area contributed by atoms with Gasteiger partial charge in [0.25, 0.3) is 0 Å². The summed E-state index contributed by atoms with van der Waals surface area (Å²) in [4.78, 5) is 10.8. The first-order valence-electron chi connectivity index (χ1n) is 11.0. The minimum atomic E-state index is -4.59. The first-order valence-corrected chi connectivity index (χ1v) is 11.0. The molecule has 0 amide bonds. The Morgan fingerprint density at radius 2 is 1.92 bits per heavy atom. The highest BCUT2D eigenvalue weighted by atomic mass is 19.4. The molecule has 0 fully saturated rings. The first-order chi connectivity index (χ1) is 17.0. The number of carboxylic acids is 1. The van der Waals surface area contributed by atoms with E-state index < -0.39 is 23.6 Å². The lowest BCUT2D eigenvalue weighted by atomic mass is 9.93. The first kappa shape index (κ1) is 24.8.